The van der Waals surface area contributed by atoms with E-state index in [4.69, 9.17) is 10.6 Å². The van der Waals surface area contributed by atoms with Crippen LogP contribution < -0.4 is 16.6 Å². The van der Waals surface area contributed by atoms with Crippen molar-refractivity contribution in [2.24, 2.45) is 5.84 Å². The molecule has 2 rings (SSSR count). The zero-order chi connectivity index (χ0) is 15.5. The summed E-state index contributed by atoms with van der Waals surface area (Å²) in [6.07, 6.45) is 0. The number of fused-ring (bicyclic) bond motifs is 1. The molecule has 0 atom stereocenters. The first-order valence-corrected chi connectivity index (χ1v) is 6.66. The fourth-order valence-electron chi connectivity index (χ4n) is 1.88. The van der Waals surface area contributed by atoms with Crippen LogP contribution in [0.1, 0.15) is 24.3 Å². The fourth-order valence-corrected chi connectivity index (χ4v) is 1.88. The van der Waals surface area contributed by atoms with E-state index in [0.717, 1.165) is 10.8 Å². The summed E-state index contributed by atoms with van der Waals surface area (Å²) in [5.74, 6) is 5.70. The molecule has 1 amide bonds. The number of nitrogens with two attached hydrogens (primary N) is 1. The highest BCUT2D eigenvalue weighted by molar-refractivity contribution is 6.00. The van der Waals surface area contributed by atoms with Gasteiger partial charge in [-0.25, -0.2) is 10.8 Å². The number of benzene rings is 1. The highest BCUT2D eigenvalue weighted by Crippen LogP contribution is 2.21. The molecule has 0 unspecified atom stereocenters. The number of nitrogens with one attached hydrogen (secondary N) is 2. The van der Waals surface area contributed by atoms with Crippen LogP contribution in [-0.2, 0) is 4.74 Å². The minimum absolute atomic E-state index is 0.262. The van der Waals surface area contributed by atoms with Crippen LogP contribution >= 0.6 is 0 Å². The molecule has 112 valence electrons. The maximum absolute atomic E-state index is 12.2. The van der Waals surface area contributed by atoms with Gasteiger partial charge in [-0.05, 0) is 25.3 Å². The van der Waals surface area contributed by atoms with E-state index in [1.54, 1.807) is 13.2 Å². The van der Waals surface area contributed by atoms with Gasteiger partial charge >= 0.3 is 0 Å². The molecule has 4 N–H and O–H groups in total. The Balaban J connectivity index is 2.27. The number of rotatable bonds is 5. The lowest BCUT2D eigenvalue weighted by molar-refractivity contribution is 0.0228. The minimum Gasteiger partial charge on any atom is -0.377 e. The second kappa shape index (κ2) is 6.07. The monoisotopic (exact) mass is 288 g/mol. The van der Waals surface area contributed by atoms with Crippen LogP contribution in [0.2, 0.25) is 0 Å². The Morgan fingerprint density at radius 3 is 2.76 bits per heavy atom. The molecule has 1 aromatic heterocycles. The van der Waals surface area contributed by atoms with Crippen molar-refractivity contribution in [2.45, 2.75) is 19.4 Å². The van der Waals surface area contributed by atoms with Crippen molar-refractivity contribution in [3.05, 3.63) is 36.0 Å². The summed E-state index contributed by atoms with van der Waals surface area (Å²) in [7, 11) is 1.61. The van der Waals surface area contributed by atoms with Gasteiger partial charge in [-0.2, -0.15) is 0 Å². The molecule has 0 saturated heterocycles. The van der Waals surface area contributed by atoms with E-state index < -0.39 is 5.60 Å². The normalized spacial score (nSPS) is 11.4. The van der Waals surface area contributed by atoms with Gasteiger partial charge < -0.3 is 15.5 Å². The number of nitrogen functional groups attached to an aromatic ring is 1. The zero-order valence-corrected chi connectivity index (χ0v) is 12.4. The summed E-state index contributed by atoms with van der Waals surface area (Å²) < 4.78 is 5.27. The molecule has 0 saturated carbocycles. The highest BCUT2D eigenvalue weighted by Gasteiger charge is 2.19. The Morgan fingerprint density at radius 1 is 1.38 bits per heavy atom. The van der Waals surface area contributed by atoms with Crippen molar-refractivity contribution in [2.75, 3.05) is 19.1 Å². The third kappa shape index (κ3) is 3.48. The third-order valence-electron chi connectivity index (χ3n) is 3.34. The molecular formula is C15H20N4O2. The van der Waals surface area contributed by atoms with Crippen LogP contribution in [0.3, 0.4) is 0 Å². The Bertz CT molecular complexity index is 655. The predicted molar refractivity (Wildman–Crippen MR) is 83.0 cm³/mol. The maximum Gasteiger partial charge on any atom is 0.270 e. The van der Waals surface area contributed by atoms with E-state index in [0.29, 0.717) is 18.1 Å². The maximum atomic E-state index is 12.2. The third-order valence-corrected chi connectivity index (χ3v) is 3.34. The van der Waals surface area contributed by atoms with Crippen molar-refractivity contribution in [3.8, 4) is 0 Å². The largest absolute Gasteiger partial charge is 0.377 e. The second-order valence-corrected chi connectivity index (χ2v) is 5.37. The SMILES string of the molecule is COC(C)(C)CNC(=O)c1cc2ccccc2c(NN)n1. The summed E-state index contributed by atoms with van der Waals surface area (Å²) in [6, 6.07) is 9.34. The first kappa shape index (κ1) is 15.2. The lowest BCUT2D eigenvalue weighted by Gasteiger charge is -2.23. The van der Waals surface area contributed by atoms with Gasteiger partial charge in [-0.3, -0.25) is 4.79 Å². The van der Waals surface area contributed by atoms with Crippen molar-refractivity contribution in [1.82, 2.24) is 10.3 Å². The van der Waals surface area contributed by atoms with Gasteiger partial charge in [0.1, 0.15) is 11.5 Å². The minimum atomic E-state index is -0.429. The Hall–Kier alpha value is -2.18. The summed E-state index contributed by atoms with van der Waals surface area (Å²) in [6.45, 7) is 4.18. The number of ether oxygens (including phenoxy) is 1. The molecule has 0 aliphatic heterocycles. The van der Waals surface area contributed by atoms with Gasteiger partial charge in [-0.15, -0.1) is 0 Å². The molecule has 2 aromatic rings. The van der Waals surface area contributed by atoms with E-state index >= 15 is 0 Å². The topological polar surface area (TPSA) is 89.3 Å². The van der Waals surface area contributed by atoms with Crippen molar-refractivity contribution in [3.63, 3.8) is 0 Å². The van der Waals surface area contributed by atoms with Gasteiger partial charge in [0.05, 0.1) is 5.60 Å². The smallest absolute Gasteiger partial charge is 0.270 e. The van der Waals surface area contributed by atoms with Gasteiger partial charge in [0.15, 0.2) is 0 Å². The van der Waals surface area contributed by atoms with Crippen LogP contribution in [0, 0.1) is 0 Å². The summed E-state index contributed by atoms with van der Waals surface area (Å²) in [5, 5.41) is 4.58. The predicted octanol–water partition coefficient (Wildman–Crippen LogP) is 1.68. The molecule has 0 aliphatic carbocycles. The zero-order valence-electron chi connectivity index (χ0n) is 12.4. The molecular weight excluding hydrogens is 268 g/mol. The van der Waals surface area contributed by atoms with E-state index in [-0.39, 0.29) is 5.91 Å². The number of aromatic nitrogens is 1. The number of carbonyl (C=O) groups is 1. The molecule has 0 radical (unpaired) electrons. The number of hydrazine groups is 1. The van der Waals surface area contributed by atoms with Crippen molar-refractivity contribution in [1.29, 1.82) is 0 Å². The molecule has 6 heteroatoms. The van der Waals surface area contributed by atoms with E-state index in [1.807, 2.05) is 38.1 Å². The number of methoxy groups -OCH3 is 1. The van der Waals surface area contributed by atoms with Gasteiger partial charge in [0.25, 0.3) is 5.91 Å². The van der Waals surface area contributed by atoms with E-state index in [2.05, 4.69) is 15.7 Å². The fraction of sp³-hybridized carbons (Fsp3) is 0.333. The number of anilines is 1. The molecule has 1 heterocycles. The van der Waals surface area contributed by atoms with Crippen LogP contribution in [0.5, 0.6) is 0 Å². The summed E-state index contributed by atoms with van der Waals surface area (Å²) in [4.78, 5) is 16.5. The van der Waals surface area contributed by atoms with Gasteiger partial charge in [0.2, 0.25) is 0 Å². The molecule has 0 bridgehead atoms. The number of nitrogens with zero attached hydrogens (tertiary/aromatic N) is 1. The van der Waals surface area contributed by atoms with E-state index in [1.165, 1.54) is 0 Å². The second-order valence-electron chi connectivity index (χ2n) is 5.37. The van der Waals surface area contributed by atoms with Crippen molar-refractivity contribution < 1.29 is 9.53 Å². The molecule has 0 aliphatic rings. The van der Waals surface area contributed by atoms with Crippen LogP contribution in [-0.4, -0.2) is 30.1 Å². The summed E-state index contributed by atoms with van der Waals surface area (Å²) >= 11 is 0. The lowest BCUT2D eigenvalue weighted by Crippen LogP contribution is -2.40. The standard InChI is InChI=1S/C15H20N4O2/c1-15(2,21-3)9-17-14(20)12-8-10-6-4-5-7-11(10)13(18-12)19-16/h4-8H,9,16H2,1-3H3,(H,17,20)(H,18,19). The van der Waals surface area contributed by atoms with Gasteiger partial charge in [-0.1, -0.05) is 24.3 Å². The Morgan fingerprint density at radius 2 is 2.10 bits per heavy atom. The Kier molecular flexibility index (Phi) is 4.40. The first-order chi connectivity index (χ1) is 9.96. The quantitative estimate of drug-likeness (QED) is 0.575. The molecule has 1 aromatic carbocycles. The average Bonchev–Trinajstić information content (AvgIpc) is 2.51. The highest BCUT2D eigenvalue weighted by atomic mass is 16.5. The average molecular weight is 288 g/mol. The number of pyridine rings is 1. The molecule has 6 nitrogen and oxygen atoms in total. The van der Waals surface area contributed by atoms with E-state index in [9.17, 15) is 4.79 Å². The number of hydrogen-bond donors (Lipinski definition) is 3. The van der Waals surface area contributed by atoms with Gasteiger partial charge in [0, 0.05) is 19.0 Å². The number of hydrogen-bond acceptors (Lipinski definition) is 5. The van der Waals surface area contributed by atoms with Crippen LogP contribution in [0.25, 0.3) is 10.8 Å². The number of amides is 1. The molecule has 0 spiro atoms. The summed E-state index contributed by atoms with van der Waals surface area (Å²) in [5.41, 5.74) is 2.42. The van der Waals surface area contributed by atoms with Crippen molar-refractivity contribution >= 4 is 22.5 Å². The van der Waals surface area contributed by atoms with Crippen LogP contribution in [0.15, 0.2) is 30.3 Å². The van der Waals surface area contributed by atoms with Crippen LogP contribution in [0.4, 0.5) is 5.82 Å². The molecule has 21 heavy (non-hydrogen) atoms. The molecule has 0 fully saturated rings. The lowest BCUT2D eigenvalue weighted by atomic mass is 10.1. The Labute approximate surface area is 123 Å². The number of carbonyl (C=O) groups excluding carboxylic acids is 1. The first-order valence-electron chi connectivity index (χ1n) is 6.66.